The molecule has 0 radical (unpaired) electrons. The molecule has 1 saturated carbocycles. The molecule has 1 aromatic rings. The minimum Gasteiger partial charge on any atom is -0.493 e. The summed E-state index contributed by atoms with van der Waals surface area (Å²) in [6, 6.07) is 3.35. The molecule has 19 heavy (non-hydrogen) atoms. The van der Waals surface area contributed by atoms with E-state index in [0.29, 0.717) is 34.9 Å². The van der Waals surface area contributed by atoms with Crippen LogP contribution in [-0.2, 0) is 10.2 Å². The van der Waals surface area contributed by atoms with E-state index in [9.17, 15) is 9.90 Å². The molecule has 0 bridgehead atoms. The van der Waals surface area contributed by atoms with Gasteiger partial charge in [-0.2, -0.15) is 0 Å². The monoisotopic (exact) mass is 284 g/mol. The fraction of sp³-hybridized carbons (Fsp3) is 0.500. The summed E-state index contributed by atoms with van der Waals surface area (Å²) in [6.07, 6.45) is 1.06. The smallest absolute Gasteiger partial charge is 0.314 e. The Morgan fingerprint density at radius 3 is 2.47 bits per heavy atom. The first-order valence-electron chi connectivity index (χ1n) is 6.19. The van der Waals surface area contributed by atoms with Crippen molar-refractivity contribution in [3.63, 3.8) is 0 Å². The number of carbonyl (C=O) groups is 1. The van der Waals surface area contributed by atoms with E-state index in [2.05, 4.69) is 0 Å². The standard InChI is InChI=1S/C14H17ClO4/c1-8(2)19-12-10(18-3)5-4-9(15)11(12)14(6-7-14)13(16)17/h4-5,8H,6-7H2,1-3H3,(H,16,17). The molecule has 1 aliphatic carbocycles. The average molecular weight is 285 g/mol. The fourth-order valence-electron chi connectivity index (χ4n) is 2.19. The molecule has 0 spiro atoms. The molecule has 0 aromatic heterocycles. The number of hydrogen-bond acceptors (Lipinski definition) is 3. The molecule has 0 atom stereocenters. The second kappa shape index (κ2) is 4.93. The van der Waals surface area contributed by atoms with Gasteiger partial charge in [0.25, 0.3) is 0 Å². The van der Waals surface area contributed by atoms with Crippen molar-refractivity contribution in [1.29, 1.82) is 0 Å². The number of carboxylic acids is 1. The highest BCUT2D eigenvalue weighted by molar-refractivity contribution is 6.32. The second-order valence-corrected chi connectivity index (χ2v) is 5.41. The average Bonchev–Trinajstić information content (AvgIpc) is 3.10. The van der Waals surface area contributed by atoms with Crippen LogP contribution in [0.25, 0.3) is 0 Å². The van der Waals surface area contributed by atoms with Gasteiger partial charge in [-0.25, -0.2) is 0 Å². The first kappa shape index (κ1) is 14.0. The van der Waals surface area contributed by atoms with Crippen LogP contribution in [0.5, 0.6) is 11.5 Å². The predicted molar refractivity (Wildman–Crippen MR) is 72.3 cm³/mol. The highest BCUT2D eigenvalue weighted by Gasteiger charge is 2.55. The molecular weight excluding hydrogens is 268 g/mol. The summed E-state index contributed by atoms with van der Waals surface area (Å²) in [5, 5.41) is 9.86. The van der Waals surface area contributed by atoms with Gasteiger partial charge in [-0.15, -0.1) is 0 Å². The predicted octanol–water partition coefficient (Wildman–Crippen LogP) is 3.25. The van der Waals surface area contributed by atoms with E-state index in [1.54, 1.807) is 12.1 Å². The maximum absolute atomic E-state index is 11.5. The van der Waals surface area contributed by atoms with Gasteiger partial charge in [0.05, 0.1) is 18.6 Å². The van der Waals surface area contributed by atoms with Crippen LogP contribution in [-0.4, -0.2) is 24.3 Å². The van der Waals surface area contributed by atoms with Crippen LogP contribution in [0.3, 0.4) is 0 Å². The molecular formula is C14H17ClO4. The van der Waals surface area contributed by atoms with Gasteiger partial charge in [0.15, 0.2) is 11.5 Å². The molecule has 0 amide bonds. The maximum atomic E-state index is 11.5. The van der Waals surface area contributed by atoms with Crippen LogP contribution in [0.2, 0.25) is 5.02 Å². The number of hydrogen-bond donors (Lipinski definition) is 1. The zero-order chi connectivity index (χ0) is 14.2. The number of methoxy groups -OCH3 is 1. The number of carboxylic acid groups (broad SMARTS) is 1. The second-order valence-electron chi connectivity index (χ2n) is 5.01. The number of halogens is 1. The molecule has 1 fully saturated rings. The number of benzene rings is 1. The Bertz CT molecular complexity index is 506. The maximum Gasteiger partial charge on any atom is 0.314 e. The minimum absolute atomic E-state index is 0.0873. The Morgan fingerprint density at radius 2 is 2.05 bits per heavy atom. The van der Waals surface area contributed by atoms with Crippen LogP contribution in [0.1, 0.15) is 32.3 Å². The molecule has 4 nitrogen and oxygen atoms in total. The Balaban J connectivity index is 2.60. The molecule has 0 heterocycles. The van der Waals surface area contributed by atoms with Crippen molar-refractivity contribution >= 4 is 17.6 Å². The lowest BCUT2D eigenvalue weighted by Crippen LogP contribution is -2.22. The first-order chi connectivity index (χ1) is 8.92. The van der Waals surface area contributed by atoms with Crippen molar-refractivity contribution in [3.05, 3.63) is 22.7 Å². The highest BCUT2D eigenvalue weighted by atomic mass is 35.5. The zero-order valence-electron chi connectivity index (χ0n) is 11.2. The summed E-state index contributed by atoms with van der Waals surface area (Å²) < 4.78 is 11.0. The van der Waals surface area contributed by atoms with E-state index >= 15 is 0 Å². The van der Waals surface area contributed by atoms with Crippen LogP contribution in [0.15, 0.2) is 12.1 Å². The van der Waals surface area contributed by atoms with E-state index in [0.717, 1.165) is 0 Å². The lowest BCUT2D eigenvalue weighted by Gasteiger charge is -2.22. The molecule has 104 valence electrons. The Morgan fingerprint density at radius 1 is 1.42 bits per heavy atom. The minimum atomic E-state index is -0.921. The SMILES string of the molecule is COc1ccc(Cl)c(C2(C(=O)O)CC2)c1OC(C)C. The molecule has 1 aromatic carbocycles. The molecule has 2 rings (SSSR count). The fourth-order valence-corrected chi connectivity index (χ4v) is 2.52. The van der Waals surface area contributed by atoms with Crippen molar-refractivity contribution in [2.75, 3.05) is 7.11 Å². The van der Waals surface area contributed by atoms with Gasteiger partial charge < -0.3 is 14.6 Å². The Kier molecular flexibility index (Phi) is 3.63. The largest absolute Gasteiger partial charge is 0.493 e. The topological polar surface area (TPSA) is 55.8 Å². The van der Waals surface area contributed by atoms with E-state index in [-0.39, 0.29) is 6.10 Å². The van der Waals surface area contributed by atoms with E-state index in [1.165, 1.54) is 7.11 Å². The zero-order valence-corrected chi connectivity index (χ0v) is 12.0. The molecule has 1 aliphatic rings. The molecule has 0 aliphatic heterocycles. The van der Waals surface area contributed by atoms with Crippen LogP contribution >= 0.6 is 11.6 Å². The quantitative estimate of drug-likeness (QED) is 0.902. The van der Waals surface area contributed by atoms with Crippen molar-refractivity contribution in [1.82, 2.24) is 0 Å². The van der Waals surface area contributed by atoms with Gasteiger partial charge >= 0.3 is 5.97 Å². The summed E-state index contributed by atoms with van der Waals surface area (Å²) in [5.74, 6) is 0.0989. The normalized spacial score (nSPS) is 16.3. The van der Waals surface area contributed by atoms with Crippen LogP contribution in [0, 0.1) is 0 Å². The number of rotatable bonds is 5. The molecule has 0 saturated heterocycles. The summed E-state index contributed by atoms with van der Waals surface area (Å²) in [4.78, 5) is 11.5. The number of aliphatic carboxylic acids is 1. The third kappa shape index (κ3) is 2.37. The lowest BCUT2D eigenvalue weighted by atomic mass is 9.94. The van der Waals surface area contributed by atoms with Gasteiger partial charge in [0.2, 0.25) is 0 Å². The summed E-state index contributed by atoms with van der Waals surface area (Å²) in [7, 11) is 1.53. The van der Waals surface area contributed by atoms with Crippen LogP contribution < -0.4 is 9.47 Å². The van der Waals surface area contributed by atoms with Gasteiger partial charge in [-0.05, 0) is 38.8 Å². The van der Waals surface area contributed by atoms with Gasteiger partial charge in [0, 0.05) is 10.6 Å². The van der Waals surface area contributed by atoms with Crippen molar-refractivity contribution in [2.24, 2.45) is 0 Å². The summed E-state index contributed by atoms with van der Waals surface area (Å²) >= 11 is 6.21. The first-order valence-corrected chi connectivity index (χ1v) is 6.57. The van der Waals surface area contributed by atoms with E-state index < -0.39 is 11.4 Å². The van der Waals surface area contributed by atoms with Gasteiger partial charge in [0.1, 0.15) is 0 Å². The Labute approximate surface area is 117 Å². The lowest BCUT2D eigenvalue weighted by molar-refractivity contribution is -0.140. The third-order valence-corrected chi connectivity index (χ3v) is 3.60. The molecule has 1 N–H and O–H groups in total. The molecule has 5 heteroatoms. The van der Waals surface area contributed by atoms with Gasteiger partial charge in [-0.3, -0.25) is 4.79 Å². The molecule has 0 unspecified atom stereocenters. The third-order valence-electron chi connectivity index (χ3n) is 3.28. The van der Waals surface area contributed by atoms with Crippen molar-refractivity contribution in [2.45, 2.75) is 38.2 Å². The summed E-state index contributed by atoms with van der Waals surface area (Å²) in [6.45, 7) is 3.76. The van der Waals surface area contributed by atoms with Crippen molar-refractivity contribution in [3.8, 4) is 11.5 Å². The van der Waals surface area contributed by atoms with Crippen molar-refractivity contribution < 1.29 is 19.4 Å². The van der Waals surface area contributed by atoms with Crippen LogP contribution in [0.4, 0.5) is 0 Å². The summed E-state index contributed by atoms with van der Waals surface area (Å²) in [5.41, 5.74) is -0.384. The van der Waals surface area contributed by atoms with E-state index in [1.807, 2.05) is 13.8 Å². The number of ether oxygens (including phenoxy) is 2. The Hall–Kier alpha value is -1.42. The van der Waals surface area contributed by atoms with E-state index in [4.69, 9.17) is 21.1 Å². The van der Waals surface area contributed by atoms with Gasteiger partial charge in [-0.1, -0.05) is 11.6 Å². The highest BCUT2D eigenvalue weighted by Crippen LogP contribution is 2.56.